The number of ether oxygens (including phenoxy) is 1. The SMILES string of the molecule is C=C.C=C.C=C.C=C.C=C.C=C.C=C.C=C.C=C.C=C.C=C.C=C.C=CC(=O)OCCO. The predicted molar refractivity (Wildman–Crippen MR) is 163 cm³/mol. The van der Waals surface area contributed by atoms with Gasteiger partial charge in [0.15, 0.2) is 0 Å². The second-order valence-electron chi connectivity index (χ2n) is 1.10. The minimum absolute atomic E-state index is 0.0465. The fourth-order valence-electron chi connectivity index (χ4n) is 0.205. The van der Waals surface area contributed by atoms with Gasteiger partial charge in [-0.2, -0.15) is 0 Å². The monoisotopic (exact) mass is 452 g/mol. The minimum Gasteiger partial charge on any atom is -0.460 e. The van der Waals surface area contributed by atoms with Gasteiger partial charge in [0.2, 0.25) is 0 Å². The van der Waals surface area contributed by atoms with Gasteiger partial charge in [-0.25, -0.2) is 4.79 Å². The molecule has 0 spiro atoms. The summed E-state index contributed by atoms with van der Waals surface area (Å²) in [5.41, 5.74) is 0. The van der Waals surface area contributed by atoms with E-state index in [1.807, 2.05) is 0 Å². The van der Waals surface area contributed by atoms with Gasteiger partial charge in [-0.15, -0.1) is 158 Å². The molecular formula is C29H56O3. The molecule has 0 rings (SSSR count). The largest absolute Gasteiger partial charge is 0.460 e. The van der Waals surface area contributed by atoms with E-state index in [1.165, 1.54) is 0 Å². The van der Waals surface area contributed by atoms with Crippen LogP contribution in [-0.2, 0) is 9.53 Å². The third kappa shape index (κ3) is 3890. The van der Waals surface area contributed by atoms with E-state index in [2.05, 4.69) is 169 Å². The van der Waals surface area contributed by atoms with E-state index >= 15 is 0 Å². The number of hydrogen-bond acceptors (Lipinski definition) is 3. The van der Waals surface area contributed by atoms with Crippen LogP contribution in [0.5, 0.6) is 0 Å². The Morgan fingerprint density at radius 3 is 0.750 bits per heavy atom. The van der Waals surface area contributed by atoms with Crippen molar-refractivity contribution in [2.45, 2.75) is 0 Å². The normalized spacial score (nSPS) is 3.53. The zero-order valence-corrected chi connectivity index (χ0v) is 21.4. The van der Waals surface area contributed by atoms with Crippen molar-refractivity contribution < 1.29 is 14.6 Å². The molecule has 1 N–H and O–H groups in total. The second-order valence-corrected chi connectivity index (χ2v) is 1.10. The first kappa shape index (κ1) is 90.6. The maximum absolute atomic E-state index is 10.1. The molecule has 0 aliphatic heterocycles. The lowest BCUT2D eigenvalue weighted by Gasteiger charge is -1.94. The van der Waals surface area contributed by atoms with E-state index < -0.39 is 5.97 Å². The molecule has 0 amide bonds. The zero-order valence-electron chi connectivity index (χ0n) is 21.4. The Labute approximate surface area is 204 Å². The molecule has 0 bridgehead atoms. The summed E-state index contributed by atoms with van der Waals surface area (Å²) in [6.07, 6.45) is 1.05. The first-order valence-corrected chi connectivity index (χ1v) is 8.21. The zero-order chi connectivity index (χ0) is 30.4. The Hall–Kier alpha value is -3.95. The Kier molecular flexibility index (Phi) is 5590. The lowest BCUT2D eigenvalue weighted by atomic mass is 10.6. The fourth-order valence-corrected chi connectivity index (χ4v) is 0.205. The topological polar surface area (TPSA) is 46.5 Å². The van der Waals surface area contributed by atoms with Crippen molar-refractivity contribution in [2.24, 2.45) is 0 Å². The molecule has 0 saturated carbocycles. The number of carbonyl (C=O) groups excluding carboxylic acids is 1. The summed E-state index contributed by atoms with van der Waals surface area (Å²) >= 11 is 0. The van der Waals surface area contributed by atoms with Crippen LogP contribution in [-0.4, -0.2) is 24.3 Å². The van der Waals surface area contributed by atoms with Gasteiger partial charge in [-0.1, -0.05) is 6.58 Å². The Bertz CT molecular complexity index is 185. The number of aliphatic hydroxyl groups is 1. The summed E-state index contributed by atoms with van der Waals surface area (Å²) in [7, 11) is 0. The highest BCUT2D eigenvalue weighted by Crippen LogP contribution is 1.75. The number of rotatable bonds is 3. The van der Waals surface area contributed by atoms with Gasteiger partial charge in [-0.05, 0) is 0 Å². The van der Waals surface area contributed by atoms with E-state index in [1.54, 1.807) is 0 Å². The molecule has 0 atom stereocenters. The molecular weight excluding hydrogens is 396 g/mol. The van der Waals surface area contributed by atoms with E-state index in [0.717, 1.165) is 6.08 Å². The van der Waals surface area contributed by atoms with Gasteiger partial charge >= 0.3 is 5.97 Å². The molecule has 3 nitrogen and oxygen atoms in total. The van der Waals surface area contributed by atoms with Crippen LogP contribution in [0.2, 0.25) is 0 Å². The standard InChI is InChI=1S/C5H8O3.12C2H4/c1-2-5(7)8-4-3-6;12*1-2/h2,6H,1,3-4H2;12*1-2H2. The van der Waals surface area contributed by atoms with Crippen LogP contribution in [0.1, 0.15) is 0 Å². The Morgan fingerprint density at radius 2 is 0.656 bits per heavy atom. The third-order valence-corrected chi connectivity index (χ3v) is 0.502. The van der Waals surface area contributed by atoms with Gasteiger partial charge in [-0.3, -0.25) is 0 Å². The van der Waals surface area contributed by atoms with Gasteiger partial charge in [0, 0.05) is 6.08 Å². The van der Waals surface area contributed by atoms with Crippen molar-refractivity contribution in [3.63, 3.8) is 0 Å². The number of hydrogen-bond donors (Lipinski definition) is 1. The molecule has 32 heavy (non-hydrogen) atoms. The summed E-state index contributed by atoms with van der Waals surface area (Å²) in [6.45, 7) is 75.1. The van der Waals surface area contributed by atoms with Crippen molar-refractivity contribution >= 4 is 5.97 Å². The quantitative estimate of drug-likeness (QED) is 0.263. The highest BCUT2D eigenvalue weighted by Gasteiger charge is 1.90. The van der Waals surface area contributed by atoms with E-state index in [4.69, 9.17) is 5.11 Å². The van der Waals surface area contributed by atoms with Crippen LogP contribution in [0.4, 0.5) is 0 Å². The molecule has 0 unspecified atom stereocenters. The average Bonchev–Trinajstić information content (AvgIpc) is 3.00. The van der Waals surface area contributed by atoms with Crippen LogP contribution in [0.25, 0.3) is 0 Å². The van der Waals surface area contributed by atoms with E-state index in [0.29, 0.717) is 0 Å². The van der Waals surface area contributed by atoms with Crippen molar-refractivity contribution in [1.29, 1.82) is 0 Å². The number of aliphatic hydroxyl groups excluding tert-OH is 1. The first-order valence-electron chi connectivity index (χ1n) is 8.21. The minimum atomic E-state index is -0.501. The summed E-state index contributed by atoms with van der Waals surface area (Å²) in [5.74, 6) is -0.501. The van der Waals surface area contributed by atoms with E-state index in [-0.39, 0.29) is 13.2 Å². The average molecular weight is 453 g/mol. The lowest BCUT2D eigenvalue weighted by Crippen LogP contribution is -2.04. The van der Waals surface area contributed by atoms with Gasteiger partial charge in [0.25, 0.3) is 0 Å². The summed E-state index contributed by atoms with van der Waals surface area (Å²) in [4.78, 5) is 10.1. The molecule has 0 fully saturated rings. The van der Waals surface area contributed by atoms with Crippen LogP contribution >= 0.6 is 0 Å². The summed E-state index contributed by atoms with van der Waals surface area (Å²) in [5, 5.41) is 8.10. The lowest BCUT2D eigenvalue weighted by molar-refractivity contribution is -0.138. The molecule has 0 aromatic heterocycles. The first-order chi connectivity index (χ1) is 15.8. The van der Waals surface area contributed by atoms with Gasteiger partial charge in [0.05, 0.1) is 6.61 Å². The molecule has 0 aliphatic rings. The van der Waals surface area contributed by atoms with Crippen LogP contribution in [0, 0.1) is 0 Å². The predicted octanol–water partition coefficient (Wildman–Crippen LogP) is 9.33. The van der Waals surface area contributed by atoms with Crippen molar-refractivity contribution in [3.8, 4) is 0 Å². The molecule has 0 saturated heterocycles. The molecule has 190 valence electrons. The smallest absolute Gasteiger partial charge is 0.330 e. The molecule has 0 aliphatic carbocycles. The van der Waals surface area contributed by atoms with E-state index in [9.17, 15) is 4.79 Å². The summed E-state index contributed by atoms with van der Waals surface area (Å²) < 4.78 is 4.33. The fraction of sp³-hybridized carbons (Fsp3) is 0.0690. The molecule has 0 radical (unpaired) electrons. The van der Waals surface area contributed by atoms with Crippen LogP contribution < -0.4 is 0 Å². The highest BCUT2D eigenvalue weighted by molar-refractivity contribution is 5.81. The summed E-state index contributed by atoms with van der Waals surface area (Å²) in [6, 6.07) is 0. The number of esters is 1. The Morgan fingerprint density at radius 1 is 0.500 bits per heavy atom. The van der Waals surface area contributed by atoms with Gasteiger partial charge < -0.3 is 9.84 Å². The molecule has 0 aromatic carbocycles. The third-order valence-electron chi connectivity index (χ3n) is 0.502. The molecule has 0 heterocycles. The maximum Gasteiger partial charge on any atom is 0.330 e. The highest BCUT2D eigenvalue weighted by atomic mass is 16.5. The van der Waals surface area contributed by atoms with Gasteiger partial charge in [0.1, 0.15) is 6.61 Å². The van der Waals surface area contributed by atoms with Crippen LogP contribution in [0.15, 0.2) is 171 Å². The van der Waals surface area contributed by atoms with Crippen molar-refractivity contribution in [1.82, 2.24) is 0 Å². The second kappa shape index (κ2) is 1970. The van der Waals surface area contributed by atoms with Crippen molar-refractivity contribution in [3.05, 3.63) is 171 Å². The molecule has 0 aromatic rings. The van der Waals surface area contributed by atoms with Crippen molar-refractivity contribution in [2.75, 3.05) is 13.2 Å². The number of carbonyl (C=O) groups is 1. The maximum atomic E-state index is 10.1. The Balaban J connectivity index is -0.0000000119. The van der Waals surface area contributed by atoms with Crippen LogP contribution in [0.3, 0.4) is 0 Å². The molecule has 3 heteroatoms.